The first-order chi connectivity index (χ1) is 14.7. The minimum Gasteiger partial charge on any atom is -0.352 e. The normalized spacial score (nSPS) is 11.3. The van der Waals surface area contributed by atoms with Crippen LogP contribution in [0.3, 0.4) is 0 Å². The van der Waals surface area contributed by atoms with Crippen LogP contribution < -0.4 is 16.1 Å². The molecule has 3 aromatic heterocycles. The average molecular weight is 424 g/mol. The third kappa shape index (κ3) is 5.02. The number of rotatable bonds is 7. The predicted octanol–water partition coefficient (Wildman–Crippen LogP) is 2.70. The molecule has 0 saturated carbocycles. The van der Waals surface area contributed by atoms with Crippen molar-refractivity contribution in [3.63, 3.8) is 0 Å². The second-order valence-corrected chi connectivity index (χ2v) is 8.40. The number of pyridine rings is 2. The van der Waals surface area contributed by atoms with Gasteiger partial charge in [-0.05, 0) is 38.3 Å². The van der Waals surface area contributed by atoms with E-state index in [4.69, 9.17) is 0 Å². The van der Waals surface area contributed by atoms with E-state index in [1.807, 2.05) is 63.5 Å². The molecule has 2 N–H and O–H groups in total. The van der Waals surface area contributed by atoms with Crippen LogP contribution in [0.5, 0.6) is 0 Å². The minimum absolute atomic E-state index is 0.0230. The van der Waals surface area contributed by atoms with Crippen LogP contribution in [0.4, 0.5) is 0 Å². The summed E-state index contributed by atoms with van der Waals surface area (Å²) in [6.45, 7) is 10.4. The summed E-state index contributed by atoms with van der Waals surface area (Å²) >= 11 is 0. The first-order valence-electron chi connectivity index (χ1n) is 10.4. The highest BCUT2D eigenvalue weighted by atomic mass is 16.2. The molecule has 0 aliphatic heterocycles. The number of hydrogen-bond donors (Lipinski definition) is 2. The Bertz CT molecular complexity index is 1170. The van der Waals surface area contributed by atoms with Crippen LogP contribution in [0.25, 0.3) is 5.65 Å². The van der Waals surface area contributed by atoms with Gasteiger partial charge in [-0.1, -0.05) is 19.9 Å². The van der Waals surface area contributed by atoms with Crippen molar-refractivity contribution in [3.8, 4) is 0 Å². The molecule has 8 heteroatoms. The molecule has 3 heterocycles. The second-order valence-electron chi connectivity index (χ2n) is 8.40. The molecule has 0 bridgehead atoms. The van der Waals surface area contributed by atoms with E-state index in [0.717, 1.165) is 11.2 Å². The van der Waals surface area contributed by atoms with Crippen molar-refractivity contribution in [2.45, 2.75) is 47.2 Å². The number of carbonyl (C=O) groups is 2. The zero-order valence-corrected chi connectivity index (χ0v) is 18.6. The monoisotopic (exact) mass is 423 g/mol. The lowest BCUT2D eigenvalue weighted by Crippen LogP contribution is -2.36. The van der Waals surface area contributed by atoms with Crippen molar-refractivity contribution in [3.05, 3.63) is 69.5 Å². The van der Waals surface area contributed by atoms with Gasteiger partial charge in [0.05, 0.1) is 12.2 Å². The van der Waals surface area contributed by atoms with E-state index in [-0.39, 0.29) is 29.6 Å². The summed E-state index contributed by atoms with van der Waals surface area (Å²) in [7, 11) is 0. The Hall–Kier alpha value is -3.42. The Kier molecular flexibility index (Phi) is 6.58. The van der Waals surface area contributed by atoms with Gasteiger partial charge >= 0.3 is 0 Å². The molecular formula is C23H29N5O3. The molecule has 0 unspecified atom stereocenters. The summed E-state index contributed by atoms with van der Waals surface area (Å²) in [5, 5.41) is 5.51. The van der Waals surface area contributed by atoms with Crippen LogP contribution in [0.2, 0.25) is 0 Å². The molecule has 0 radical (unpaired) electrons. The number of hydrogen-bond acceptors (Lipinski definition) is 4. The predicted molar refractivity (Wildman–Crippen MR) is 119 cm³/mol. The third-order valence-corrected chi connectivity index (χ3v) is 4.96. The first kappa shape index (κ1) is 22.3. The molecule has 3 aromatic rings. The van der Waals surface area contributed by atoms with Crippen LogP contribution in [-0.2, 0) is 6.54 Å². The maximum absolute atomic E-state index is 12.9. The Labute approximate surface area is 181 Å². The van der Waals surface area contributed by atoms with Gasteiger partial charge in [0.1, 0.15) is 16.8 Å². The van der Waals surface area contributed by atoms with Gasteiger partial charge in [0.25, 0.3) is 11.8 Å². The number of nitrogens with one attached hydrogen (secondary N) is 2. The second kappa shape index (κ2) is 9.16. The number of aromatic nitrogens is 3. The van der Waals surface area contributed by atoms with Crippen molar-refractivity contribution in [1.29, 1.82) is 0 Å². The molecule has 0 aliphatic rings. The average Bonchev–Trinajstić information content (AvgIpc) is 3.14. The summed E-state index contributed by atoms with van der Waals surface area (Å²) in [5.74, 6) is -0.762. The van der Waals surface area contributed by atoms with Crippen LogP contribution in [0.1, 0.15) is 65.7 Å². The van der Waals surface area contributed by atoms with E-state index in [0.29, 0.717) is 12.2 Å². The molecule has 31 heavy (non-hydrogen) atoms. The smallest absolute Gasteiger partial charge is 0.257 e. The zero-order valence-electron chi connectivity index (χ0n) is 18.6. The van der Waals surface area contributed by atoms with Gasteiger partial charge in [0.2, 0.25) is 5.43 Å². The lowest BCUT2D eigenvalue weighted by atomic mass is 10.1. The van der Waals surface area contributed by atoms with Gasteiger partial charge in [0, 0.05) is 37.4 Å². The highest BCUT2D eigenvalue weighted by Crippen LogP contribution is 2.11. The fraction of sp³-hybridized carbons (Fsp3) is 0.391. The lowest BCUT2D eigenvalue weighted by molar-refractivity contribution is 0.0946. The van der Waals surface area contributed by atoms with Gasteiger partial charge in [-0.25, -0.2) is 4.98 Å². The van der Waals surface area contributed by atoms with E-state index >= 15 is 0 Å². The molecular weight excluding hydrogens is 394 g/mol. The highest BCUT2D eigenvalue weighted by molar-refractivity contribution is 5.99. The van der Waals surface area contributed by atoms with Gasteiger partial charge in [0.15, 0.2) is 0 Å². The largest absolute Gasteiger partial charge is 0.352 e. The van der Waals surface area contributed by atoms with Gasteiger partial charge in [-0.15, -0.1) is 0 Å². The minimum atomic E-state index is -0.582. The molecule has 0 spiro atoms. The fourth-order valence-electron chi connectivity index (χ4n) is 3.17. The quantitative estimate of drug-likeness (QED) is 0.611. The summed E-state index contributed by atoms with van der Waals surface area (Å²) in [6, 6.07) is 3.87. The van der Waals surface area contributed by atoms with Crippen LogP contribution >= 0.6 is 0 Å². The van der Waals surface area contributed by atoms with Crippen LogP contribution in [0, 0.1) is 12.8 Å². The molecule has 0 fully saturated rings. The Morgan fingerprint density at radius 1 is 1.03 bits per heavy atom. The molecule has 164 valence electrons. The molecule has 0 saturated heterocycles. The molecule has 0 aliphatic carbocycles. The molecule has 2 amide bonds. The van der Waals surface area contributed by atoms with Crippen molar-refractivity contribution in [1.82, 2.24) is 24.6 Å². The summed E-state index contributed by atoms with van der Waals surface area (Å²) in [6.07, 6.45) is 6.73. The Morgan fingerprint density at radius 2 is 1.68 bits per heavy atom. The van der Waals surface area contributed by atoms with Crippen molar-refractivity contribution < 1.29 is 9.59 Å². The third-order valence-electron chi connectivity index (χ3n) is 4.96. The topological polar surface area (TPSA) is 97.5 Å². The van der Waals surface area contributed by atoms with Crippen LogP contribution in [0.15, 0.2) is 41.7 Å². The molecule has 0 aromatic carbocycles. The maximum Gasteiger partial charge on any atom is 0.257 e. The van der Waals surface area contributed by atoms with Crippen molar-refractivity contribution >= 4 is 17.5 Å². The number of nitrogens with zero attached hydrogens (tertiary/aromatic N) is 3. The molecule has 8 nitrogen and oxygen atoms in total. The fourth-order valence-corrected chi connectivity index (χ4v) is 3.17. The molecule has 3 rings (SSSR count). The summed E-state index contributed by atoms with van der Waals surface area (Å²) in [5.41, 5.74) is 1.84. The number of imidazole rings is 1. The van der Waals surface area contributed by atoms with E-state index in [2.05, 4.69) is 15.6 Å². The molecule has 0 atom stereocenters. The maximum atomic E-state index is 12.9. The summed E-state index contributed by atoms with van der Waals surface area (Å²) < 4.78 is 3.59. The van der Waals surface area contributed by atoms with Gasteiger partial charge in [-0.2, -0.15) is 0 Å². The van der Waals surface area contributed by atoms with E-state index in [1.54, 1.807) is 4.57 Å². The van der Waals surface area contributed by atoms with Gasteiger partial charge in [-0.3, -0.25) is 14.4 Å². The number of amides is 2. The highest BCUT2D eigenvalue weighted by Gasteiger charge is 2.20. The number of fused-ring (bicyclic) bond motifs is 1. The first-order valence-corrected chi connectivity index (χ1v) is 10.4. The van der Waals surface area contributed by atoms with Crippen molar-refractivity contribution in [2.24, 2.45) is 5.92 Å². The lowest BCUT2D eigenvalue weighted by Gasteiger charge is -2.15. The number of carbonyl (C=O) groups excluding carboxylic acids is 2. The van der Waals surface area contributed by atoms with E-state index in [1.165, 1.54) is 12.4 Å². The van der Waals surface area contributed by atoms with E-state index < -0.39 is 17.2 Å². The Morgan fingerprint density at radius 3 is 2.26 bits per heavy atom. The van der Waals surface area contributed by atoms with Crippen LogP contribution in [-0.4, -0.2) is 32.3 Å². The van der Waals surface area contributed by atoms with Gasteiger partial charge < -0.3 is 19.6 Å². The zero-order chi connectivity index (χ0) is 22.7. The van der Waals surface area contributed by atoms with Crippen molar-refractivity contribution in [2.75, 3.05) is 6.54 Å². The SMILES string of the molecule is Cc1cccn2cc(CNC(=O)c3cn(C(C)C)cc(C(=O)NCC(C)C)c3=O)nc12. The standard InChI is InChI=1S/C23H29N5O3/c1-14(2)9-24-22(30)18-12-28(15(3)4)13-19(20(18)29)23(31)25-10-17-11-27-8-6-7-16(5)21(27)26-17/h6-8,11-15H,9-10H2,1-5H3,(H,24,30)(H,25,31). The number of aryl methyl sites for hydroxylation is 1. The Balaban J connectivity index is 1.85. The van der Waals surface area contributed by atoms with E-state index in [9.17, 15) is 14.4 Å². The summed E-state index contributed by atoms with van der Waals surface area (Å²) in [4.78, 5) is 42.9.